The van der Waals surface area contributed by atoms with Crippen LogP contribution in [0.2, 0.25) is 0 Å². The van der Waals surface area contributed by atoms with Gasteiger partial charge in [0.25, 0.3) is 0 Å². The Labute approximate surface area is 114 Å². The summed E-state index contributed by atoms with van der Waals surface area (Å²) in [6.07, 6.45) is 2.29. The fourth-order valence-corrected chi connectivity index (χ4v) is 2.71. The minimum Gasteiger partial charge on any atom is -0.486 e. The molecule has 1 aromatic rings. The molecule has 2 aliphatic heterocycles. The first-order valence-corrected chi connectivity index (χ1v) is 6.99. The molecule has 3 rings (SSSR count). The summed E-state index contributed by atoms with van der Waals surface area (Å²) in [6, 6.07) is 6.05. The van der Waals surface area contributed by atoms with E-state index in [-0.39, 0.29) is 5.60 Å². The highest BCUT2D eigenvalue weighted by atomic mass is 16.6. The summed E-state index contributed by atoms with van der Waals surface area (Å²) in [5, 5.41) is 3.47. The van der Waals surface area contributed by atoms with Gasteiger partial charge in [-0.25, -0.2) is 0 Å². The average Bonchev–Trinajstić information content (AvgIpc) is 2.86. The second kappa shape index (κ2) is 5.39. The van der Waals surface area contributed by atoms with E-state index in [1.807, 2.05) is 12.1 Å². The Morgan fingerprint density at radius 1 is 1.21 bits per heavy atom. The molecule has 19 heavy (non-hydrogen) atoms. The Kier molecular flexibility index (Phi) is 3.62. The van der Waals surface area contributed by atoms with Crippen LogP contribution in [0.1, 0.15) is 25.3 Å². The zero-order valence-electron chi connectivity index (χ0n) is 11.4. The Balaban J connectivity index is 1.61. The van der Waals surface area contributed by atoms with Crippen molar-refractivity contribution in [2.75, 3.05) is 26.4 Å². The number of hydrogen-bond acceptors (Lipinski definition) is 4. The number of nitrogens with one attached hydrogen (secondary N) is 1. The largest absolute Gasteiger partial charge is 0.486 e. The first kappa shape index (κ1) is 12.8. The van der Waals surface area contributed by atoms with Crippen molar-refractivity contribution in [1.29, 1.82) is 0 Å². The van der Waals surface area contributed by atoms with Crippen molar-refractivity contribution in [2.24, 2.45) is 0 Å². The van der Waals surface area contributed by atoms with Crippen molar-refractivity contribution in [2.45, 2.75) is 31.9 Å². The van der Waals surface area contributed by atoms with Crippen LogP contribution in [0.5, 0.6) is 11.5 Å². The van der Waals surface area contributed by atoms with E-state index >= 15 is 0 Å². The monoisotopic (exact) mass is 263 g/mol. The molecule has 1 atom stereocenters. The van der Waals surface area contributed by atoms with Gasteiger partial charge in [-0.1, -0.05) is 12.1 Å². The predicted molar refractivity (Wildman–Crippen MR) is 72.7 cm³/mol. The van der Waals surface area contributed by atoms with Gasteiger partial charge < -0.3 is 19.5 Å². The van der Waals surface area contributed by atoms with Crippen LogP contribution in [-0.4, -0.2) is 32.0 Å². The minimum atomic E-state index is -0.00774. The van der Waals surface area contributed by atoms with Crippen LogP contribution in [0.3, 0.4) is 0 Å². The van der Waals surface area contributed by atoms with Crippen molar-refractivity contribution in [3.63, 3.8) is 0 Å². The molecule has 4 nitrogen and oxygen atoms in total. The third kappa shape index (κ3) is 2.85. The van der Waals surface area contributed by atoms with Crippen LogP contribution in [-0.2, 0) is 11.3 Å². The summed E-state index contributed by atoms with van der Waals surface area (Å²) < 4.78 is 17.1. The van der Waals surface area contributed by atoms with E-state index in [0.717, 1.165) is 49.6 Å². The number of benzene rings is 1. The highest BCUT2D eigenvalue weighted by Gasteiger charge is 2.29. The molecule has 1 aromatic carbocycles. The Bertz CT molecular complexity index is 441. The lowest BCUT2D eigenvalue weighted by Crippen LogP contribution is -2.36. The van der Waals surface area contributed by atoms with E-state index in [4.69, 9.17) is 14.2 Å². The lowest BCUT2D eigenvalue weighted by Gasteiger charge is -2.25. The average molecular weight is 263 g/mol. The fourth-order valence-electron chi connectivity index (χ4n) is 2.71. The molecule has 0 spiro atoms. The first-order valence-electron chi connectivity index (χ1n) is 6.99. The van der Waals surface area contributed by atoms with Crippen molar-refractivity contribution in [3.8, 4) is 11.5 Å². The summed E-state index contributed by atoms with van der Waals surface area (Å²) in [4.78, 5) is 0. The molecule has 1 N–H and O–H groups in total. The highest BCUT2D eigenvalue weighted by molar-refractivity contribution is 5.47. The molecule has 0 aliphatic carbocycles. The van der Waals surface area contributed by atoms with Gasteiger partial charge in [-0.2, -0.15) is 0 Å². The number of para-hydroxylation sites is 1. The molecular weight excluding hydrogens is 242 g/mol. The highest BCUT2D eigenvalue weighted by Crippen LogP contribution is 2.33. The normalized spacial score (nSPS) is 25.5. The fraction of sp³-hybridized carbons (Fsp3) is 0.600. The van der Waals surface area contributed by atoms with Crippen molar-refractivity contribution >= 4 is 0 Å². The maximum absolute atomic E-state index is 5.77. The Morgan fingerprint density at radius 2 is 2.11 bits per heavy atom. The Hall–Kier alpha value is -1.26. The molecule has 0 amide bonds. The summed E-state index contributed by atoms with van der Waals surface area (Å²) in [5.41, 5.74) is 1.14. The topological polar surface area (TPSA) is 39.7 Å². The zero-order chi connectivity index (χ0) is 13.1. The maximum atomic E-state index is 5.77. The third-order valence-corrected chi connectivity index (χ3v) is 3.76. The lowest BCUT2D eigenvalue weighted by atomic mass is 10.0. The summed E-state index contributed by atoms with van der Waals surface area (Å²) in [7, 11) is 0. The second-order valence-electron chi connectivity index (χ2n) is 5.45. The van der Waals surface area contributed by atoms with E-state index in [2.05, 4.69) is 18.3 Å². The number of ether oxygens (including phenoxy) is 3. The maximum Gasteiger partial charge on any atom is 0.165 e. The second-order valence-corrected chi connectivity index (χ2v) is 5.45. The van der Waals surface area contributed by atoms with Crippen LogP contribution in [0.25, 0.3) is 0 Å². The van der Waals surface area contributed by atoms with Crippen molar-refractivity contribution in [1.82, 2.24) is 5.32 Å². The van der Waals surface area contributed by atoms with Gasteiger partial charge in [0.15, 0.2) is 11.5 Å². The van der Waals surface area contributed by atoms with Gasteiger partial charge in [0, 0.05) is 25.3 Å². The van der Waals surface area contributed by atoms with Crippen LogP contribution < -0.4 is 14.8 Å². The molecule has 1 fully saturated rings. The minimum absolute atomic E-state index is 0.00774. The van der Waals surface area contributed by atoms with E-state index in [0.29, 0.717) is 13.2 Å². The molecule has 0 radical (unpaired) electrons. The standard InChI is InChI=1S/C15H21NO3/c1-15(6-3-7-19-15)11-16-10-12-4-2-5-13-14(12)18-9-8-17-13/h2,4-5,16H,3,6-11H2,1H3. The SMILES string of the molecule is CC1(CNCc2cccc3c2OCCO3)CCCO1. The molecule has 2 heterocycles. The molecule has 0 bridgehead atoms. The number of hydrogen-bond donors (Lipinski definition) is 1. The van der Waals surface area contributed by atoms with Gasteiger partial charge in [-0.05, 0) is 25.8 Å². The summed E-state index contributed by atoms with van der Waals surface area (Å²) in [6.45, 7) is 5.98. The predicted octanol–water partition coefficient (Wildman–Crippen LogP) is 2.12. The number of fused-ring (bicyclic) bond motifs is 1. The quantitative estimate of drug-likeness (QED) is 0.903. The summed E-state index contributed by atoms with van der Waals surface area (Å²) >= 11 is 0. The molecule has 0 aromatic heterocycles. The van der Waals surface area contributed by atoms with E-state index in [9.17, 15) is 0 Å². The summed E-state index contributed by atoms with van der Waals surface area (Å²) in [5.74, 6) is 1.74. The van der Waals surface area contributed by atoms with E-state index in [1.165, 1.54) is 0 Å². The smallest absolute Gasteiger partial charge is 0.165 e. The van der Waals surface area contributed by atoms with Crippen molar-refractivity contribution in [3.05, 3.63) is 23.8 Å². The van der Waals surface area contributed by atoms with Crippen LogP contribution in [0, 0.1) is 0 Å². The van der Waals surface area contributed by atoms with Gasteiger partial charge in [0.1, 0.15) is 13.2 Å². The molecule has 1 unspecified atom stereocenters. The van der Waals surface area contributed by atoms with Gasteiger partial charge in [0.2, 0.25) is 0 Å². The van der Waals surface area contributed by atoms with Gasteiger partial charge in [-0.15, -0.1) is 0 Å². The van der Waals surface area contributed by atoms with E-state index < -0.39 is 0 Å². The third-order valence-electron chi connectivity index (χ3n) is 3.76. The van der Waals surface area contributed by atoms with Crippen LogP contribution >= 0.6 is 0 Å². The van der Waals surface area contributed by atoms with Crippen LogP contribution in [0.15, 0.2) is 18.2 Å². The van der Waals surface area contributed by atoms with E-state index in [1.54, 1.807) is 0 Å². The Morgan fingerprint density at radius 3 is 2.95 bits per heavy atom. The molecule has 4 heteroatoms. The molecule has 0 saturated carbocycles. The first-order chi connectivity index (χ1) is 9.27. The van der Waals surface area contributed by atoms with Gasteiger partial charge in [0.05, 0.1) is 5.60 Å². The lowest BCUT2D eigenvalue weighted by molar-refractivity contribution is 0.0206. The van der Waals surface area contributed by atoms with Crippen LogP contribution in [0.4, 0.5) is 0 Å². The molecular formula is C15H21NO3. The van der Waals surface area contributed by atoms with Gasteiger partial charge >= 0.3 is 0 Å². The molecule has 1 saturated heterocycles. The molecule has 2 aliphatic rings. The number of rotatable bonds is 4. The zero-order valence-corrected chi connectivity index (χ0v) is 11.4. The molecule has 104 valence electrons. The van der Waals surface area contributed by atoms with Crippen molar-refractivity contribution < 1.29 is 14.2 Å². The van der Waals surface area contributed by atoms with Gasteiger partial charge in [-0.3, -0.25) is 0 Å².